The molecule has 0 spiro atoms. The van der Waals surface area contributed by atoms with Crippen molar-refractivity contribution >= 4 is 18.1 Å². The Balaban J connectivity index is 0.00000162. The van der Waals surface area contributed by atoms with Crippen LogP contribution in [0.25, 0.3) is 0 Å². The van der Waals surface area contributed by atoms with Crippen molar-refractivity contribution in [2.45, 2.75) is 19.3 Å². The van der Waals surface area contributed by atoms with Crippen molar-refractivity contribution in [3.8, 4) is 0 Å². The van der Waals surface area contributed by atoms with E-state index in [4.69, 9.17) is 10.5 Å². The van der Waals surface area contributed by atoms with Gasteiger partial charge in [0.15, 0.2) is 0 Å². The zero-order valence-corrected chi connectivity index (χ0v) is 11.6. The van der Waals surface area contributed by atoms with Gasteiger partial charge < -0.3 is 15.4 Å². The van der Waals surface area contributed by atoms with Gasteiger partial charge in [-0.2, -0.15) is 0 Å². The highest BCUT2D eigenvalue weighted by atomic mass is 35.5. The lowest BCUT2D eigenvalue weighted by atomic mass is 10.1. The third-order valence-electron chi connectivity index (χ3n) is 3.22. The first-order chi connectivity index (χ1) is 8.42. The van der Waals surface area contributed by atoms with Crippen LogP contribution in [-0.4, -0.2) is 32.8 Å². The second-order valence-corrected chi connectivity index (χ2v) is 4.47. The first-order valence-electron chi connectivity index (χ1n) is 6.52. The first kappa shape index (κ1) is 15.3. The maximum absolute atomic E-state index is 5.47. The molecule has 0 aromatic heterocycles. The van der Waals surface area contributed by atoms with Crippen LogP contribution in [0, 0.1) is 0 Å². The quantitative estimate of drug-likeness (QED) is 0.834. The number of benzene rings is 1. The van der Waals surface area contributed by atoms with Crippen LogP contribution < -0.4 is 10.6 Å². The van der Waals surface area contributed by atoms with Gasteiger partial charge in [-0.1, -0.05) is 18.2 Å². The number of aryl methyl sites for hydroxylation is 1. The van der Waals surface area contributed by atoms with Gasteiger partial charge in [0, 0.05) is 25.3 Å². The van der Waals surface area contributed by atoms with Crippen LogP contribution in [0.5, 0.6) is 0 Å². The number of fused-ring (bicyclic) bond motifs is 1. The maximum atomic E-state index is 5.47. The molecule has 0 radical (unpaired) electrons. The third-order valence-corrected chi connectivity index (χ3v) is 3.22. The SMILES string of the molecule is Cl.NCCOCCN1CCCCc2ccccc21. The molecule has 2 rings (SSSR count). The third kappa shape index (κ3) is 4.16. The van der Waals surface area contributed by atoms with E-state index in [-0.39, 0.29) is 12.4 Å². The summed E-state index contributed by atoms with van der Waals surface area (Å²) in [4.78, 5) is 2.44. The van der Waals surface area contributed by atoms with Gasteiger partial charge in [0.1, 0.15) is 0 Å². The molecule has 0 aliphatic carbocycles. The van der Waals surface area contributed by atoms with Gasteiger partial charge >= 0.3 is 0 Å². The minimum atomic E-state index is 0. The molecule has 102 valence electrons. The molecule has 1 aromatic rings. The van der Waals surface area contributed by atoms with Gasteiger partial charge in [0.25, 0.3) is 0 Å². The predicted octanol–water partition coefficient (Wildman–Crippen LogP) is 2.23. The van der Waals surface area contributed by atoms with Crippen LogP contribution in [0.2, 0.25) is 0 Å². The lowest BCUT2D eigenvalue weighted by Gasteiger charge is -2.24. The van der Waals surface area contributed by atoms with Crippen molar-refractivity contribution in [2.24, 2.45) is 5.73 Å². The molecule has 1 aliphatic rings. The molecule has 0 fully saturated rings. The summed E-state index contributed by atoms with van der Waals surface area (Å²) in [5.74, 6) is 0. The monoisotopic (exact) mass is 270 g/mol. The summed E-state index contributed by atoms with van der Waals surface area (Å²) in [5.41, 5.74) is 8.28. The molecule has 0 atom stereocenters. The standard InChI is InChI=1S/C14H22N2O.ClH/c15-8-11-17-12-10-16-9-4-3-6-13-5-1-2-7-14(13)16;/h1-2,5,7H,3-4,6,8-12,15H2;1H. The minimum Gasteiger partial charge on any atom is -0.378 e. The highest BCUT2D eigenvalue weighted by Crippen LogP contribution is 2.25. The van der Waals surface area contributed by atoms with E-state index in [1.807, 2.05) is 0 Å². The number of anilines is 1. The van der Waals surface area contributed by atoms with Crippen LogP contribution in [0.4, 0.5) is 5.69 Å². The second kappa shape index (κ2) is 8.35. The summed E-state index contributed by atoms with van der Waals surface area (Å²) in [5, 5.41) is 0. The predicted molar refractivity (Wildman–Crippen MR) is 78.7 cm³/mol. The molecule has 1 aliphatic heterocycles. The summed E-state index contributed by atoms with van der Waals surface area (Å²) < 4.78 is 5.47. The van der Waals surface area contributed by atoms with E-state index in [1.165, 1.54) is 30.5 Å². The second-order valence-electron chi connectivity index (χ2n) is 4.47. The molecule has 0 saturated carbocycles. The Morgan fingerprint density at radius 1 is 1.17 bits per heavy atom. The number of nitrogens with two attached hydrogens (primary N) is 1. The molecule has 18 heavy (non-hydrogen) atoms. The van der Waals surface area contributed by atoms with E-state index in [0.29, 0.717) is 13.2 Å². The van der Waals surface area contributed by atoms with Crippen molar-refractivity contribution in [3.63, 3.8) is 0 Å². The van der Waals surface area contributed by atoms with Crippen molar-refractivity contribution < 1.29 is 4.74 Å². The normalized spacial score (nSPS) is 14.6. The highest BCUT2D eigenvalue weighted by molar-refractivity contribution is 5.85. The van der Waals surface area contributed by atoms with E-state index in [0.717, 1.165) is 19.7 Å². The Morgan fingerprint density at radius 2 is 2.00 bits per heavy atom. The highest BCUT2D eigenvalue weighted by Gasteiger charge is 2.13. The number of hydrogen-bond donors (Lipinski definition) is 1. The summed E-state index contributed by atoms with van der Waals surface area (Å²) in [6.45, 7) is 4.15. The molecule has 1 aromatic carbocycles. The van der Waals surface area contributed by atoms with E-state index >= 15 is 0 Å². The Bertz CT molecular complexity index is 346. The molecule has 3 nitrogen and oxygen atoms in total. The fourth-order valence-corrected chi connectivity index (χ4v) is 2.36. The Labute approximate surface area is 116 Å². The van der Waals surface area contributed by atoms with Crippen LogP contribution >= 0.6 is 12.4 Å². The Hall–Kier alpha value is -0.770. The van der Waals surface area contributed by atoms with Gasteiger partial charge in [0.05, 0.1) is 13.2 Å². The lowest BCUT2D eigenvalue weighted by molar-refractivity contribution is 0.147. The van der Waals surface area contributed by atoms with Crippen LogP contribution in [0.1, 0.15) is 18.4 Å². The Kier molecular flexibility index (Phi) is 7.09. The van der Waals surface area contributed by atoms with Gasteiger partial charge in [-0.15, -0.1) is 12.4 Å². The molecule has 0 amide bonds. The summed E-state index contributed by atoms with van der Waals surface area (Å²) >= 11 is 0. The smallest absolute Gasteiger partial charge is 0.0642 e. The number of rotatable bonds is 5. The zero-order valence-electron chi connectivity index (χ0n) is 10.8. The largest absolute Gasteiger partial charge is 0.378 e. The fraction of sp³-hybridized carbons (Fsp3) is 0.571. The molecule has 0 saturated heterocycles. The molecule has 0 unspecified atom stereocenters. The van der Waals surface area contributed by atoms with E-state index in [1.54, 1.807) is 0 Å². The average Bonchev–Trinajstić information content (AvgIpc) is 2.57. The maximum Gasteiger partial charge on any atom is 0.0642 e. The number of nitrogens with zero attached hydrogens (tertiary/aromatic N) is 1. The zero-order chi connectivity index (χ0) is 11.9. The minimum absolute atomic E-state index is 0. The lowest BCUT2D eigenvalue weighted by Crippen LogP contribution is -2.28. The first-order valence-corrected chi connectivity index (χ1v) is 6.52. The molecule has 4 heteroatoms. The van der Waals surface area contributed by atoms with Crippen LogP contribution in [0.3, 0.4) is 0 Å². The Morgan fingerprint density at radius 3 is 2.83 bits per heavy atom. The summed E-state index contributed by atoms with van der Waals surface area (Å²) in [6, 6.07) is 8.73. The fourth-order valence-electron chi connectivity index (χ4n) is 2.36. The van der Waals surface area contributed by atoms with Crippen LogP contribution in [-0.2, 0) is 11.2 Å². The van der Waals surface area contributed by atoms with Gasteiger partial charge in [-0.25, -0.2) is 0 Å². The number of hydrogen-bond acceptors (Lipinski definition) is 3. The topological polar surface area (TPSA) is 38.5 Å². The van der Waals surface area contributed by atoms with Gasteiger partial charge in [-0.3, -0.25) is 0 Å². The molecule has 1 heterocycles. The van der Waals surface area contributed by atoms with Crippen molar-refractivity contribution in [1.82, 2.24) is 0 Å². The number of para-hydroxylation sites is 1. The van der Waals surface area contributed by atoms with Crippen LogP contribution in [0.15, 0.2) is 24.3 Å². The van der Waals surface area contributed by atoms with E-state index < -0.39 is 0 Å². The van der Waals surface area contributed by atoms with Gasteiger partial charge in [0.2, 0.25) is 0 Å². The number of ether oxygens (including phenoxy) is 1. The van der Waals surface area contributed by atoms with Crippen molar-refractivity contribution in [1.29, 1.82) is 0 Å². The average molecular weight is 271 g/mol. The summed E-state index contributed by atoms with van der Waals surface area (Å²) in [7, 11) is 0. The van der Waals surface area contributed by atoms with E-state index in [2.05, 4.69) is 29.2 Å². The van der Waals surface area contributed by atoms with Crippen molar-refractivity contribution in [3.05, 3.63) is 29.8 Å². The molecular weight excluding hydrogens is 248 g/mol. The molecular formula is C14H23ClN2O. The summed E-state index contributed by atoms with van der Waals surface area (Å²) in [6.07, 6.45) is 3.76. The molecule has 0 bridgehead atoms. The van der Waals surface area contributed by atoms with E-state index in [9.17, 15) is 0 Å². The van der Waals surface area contributed by atoms with Gasteiger partial charge in [-0.05, 0) is 30.9 Å². The molecule has 2 N–H and O–H groups in total. The van der Waals surface area contributed by atoms with Crippen molar-refractivity contribution in [2.75, 3.05) is 37.7 Å². The number of halogens is 1.